The minimum Gasteiger partial charge on any atom is -0.486 e. The summed E-state index contributed by atoms with van der Waals surface area (Å²) in [5.74, 6) is -0.547. The maximum absolute atomic E-state index is 12.0. The lowest BCUT2D eigenvalue weighted by Crippen LogP contribution is -2.37. The molecule has 1 aliphatic rings. The van der Waals surface area contributed by atoms with Crippen molar-refractivity contribution < 1.29 is 28.9 Å². The molecule has 1 atom stereocenters. The molecule has 1 aromatic rings. The van der Waals surface area contributed by atoms with Gasteiger partial charge in [0.1, 0.15) is 13.2 Å². The third-order valence-corrected chi connectivity index (χ3v) is 3.07. The second-order valence-corrected chi connectivity index (χ2v) is 4.64. The molecule has 21 heavy (non-hydrogen) atoms. The molecule has 0 bridgehead atoms. The lowest BCUT2D eigenvalue weighted by atomic mass is 10.1. The van der Waals surface area contributed by atoms with Crippen molar-refractivity contribution in [2.45, 2.75) is 6.10 Å². The fourth-order valence-electron chi connectivity index (χ4n) is 1.75. The van der Waals surface area contributed by atoms with Gasteiger partial charge in [0.25, 0.3) is 5.91 Å². The smallest absolute Gasteiger partial charge is 0.336 e. The van der Waals surface area contributed by atoms with E-state index in [-0.39, 0.29) is 17.1 Å². The Morgan fingerprint density at radius 3 is 2.86 bits per heavy atom. The van der Waals surface area contributed by atoms with Crippen LogP contribution in [0, 0.1) is 0 Å². The lowest BCUT2D eigenvalue weighted by molar-refractivity contribution is -0.149. The molecule has 1 aromatic carbocycles. The summed E-state index contributed by atoms with van der Waals surface area (Å²) in [7, 11) is 1.15. The molecule has 0 radical (unpaired) electrons. The first-order valence-electron chi connectivity index (χ1n) is 6.16. The third-order valence-electron chi connectivity index (χ3n) is 2.79. The van der Waals surface area contributed by atoms with E-state index in [0.717, 1.165) is 7.11 Å². The van der Waals surface area contributed by atoms with Crippen molar-refractivity contribution in [3.8, 4) is 11.5 Å². The fraction of sp³-hybridized carbons (Fsp3) is 0.385. The first kappa shape index (κ1) is 15.4. The number of aliphatic hydroxyl groups is 1. The highest BCUT2D eigenvalue weighted by Crippen LogP contribution is 2.38. The van der Waals surface area contributed by atoms with Crippen molar-refractivity contribution in [2.24, 2.45) is 0 Å². The Balaban J connectivity index is 2.06. The quantitative estimate of drug-likeness (QED) is 0.780. The monoisotopic (exact) mass is 315 g/mol. The van der Waals surface area contributed by atoms with E-state index in [1.165, 1.54) is 12.1 Å². The van der Waals surface area contributed by atoms with Gasteiger partial charge < -0.3 is 24.6 Å². The molecule has 0 saturated heterocycles. The highest BCUT2D eigenvalue weighted by atomic mass is 35.5. The third kappa shape index (κ3) is 3.56. The van der Waals surface area contributed by atoms with Crippen LogP contribution in [0.3, 0.4) is 0 Å². The Labute approximate surface area is 125 Å². The zero-order valence-corrected chi connectivity index (χ0v) is 12.0. The number of carbonyl (C=O) groups excluding carboxylic acids is 2. The second kappa shape index (κ2) is 6.64. The number of methoxy groups -OCH3 is 1. The molecular weight excluding hydrogens is 302 g/mol. The Hall–Kier alpha value is -1.99. The summed E-state index contributed by atoms with van der Waals surface area (Å²) in [6, 6.07) is 2.91. The van der Waals surface area contributed by atoms with E-state index in [9.17, 15) is 14.7 Å². The molecule has 1 unspecified atom stereocenters. The minimum absolute atomic E-state index is 0.237. The van der Waals surface area contributed by atoms with Gasteiger partial charge in [-0.2, -0.15) is 0 Å². The molecule has 1 aliphatic heterocycles. The van der Waals surface area contributed by atoms with Crippen LogP contribution in [-0.2, 0) is 9.53 Å². The molecule has 8 heteroatoms. The summed E-state index contributed by atoms with van der Waals surface area (Å²) in [6.45, 7) is 0.497. The van der Waals surface area contributed by atoms with Crippen LogP contribution in [0.25, 0.3) is 0 Å². The van der Waals surface area contributed by atoms with Crippen LogP contribution in [0.5, 0.6) is 11.5 Å². The number of fused-ring (bicyclic) bond motifs is 1. The highest BCUT2D eigenvalue weighted by Gasteiger charge is 2.21. The number of ether oxygens (including phenoxy) is 3. The lowest BCUT2D eigenvalue weighted by Gasteiger charge is -2.20. The molecule has 1 amide bonds. The van der Waals surface area contributed by atoms with Gasteiger partial charge in [-0.15, -0.1) is 0 Å². The van der Waals surface area contributed by atoms with Gasteiger partial charge in [-0.3, -0.25) is 4.79 Å². The zero-order valence-electron chi connectivity index (χ0n) is 11.2. The van der Waals surface area contributed by atoms with E-state index in [1.54, 1.807) is 0 Å². The van der Waals surface area contributed by atoms with Gasteiger partial charge in [-0.1, -0.05) is 11.6 Å². The molecule has 1 heterocycles. The number of benzene rings is 1. The van der Waals surface area contributed by atoms with Gasteiger partial charge in [0.05, 0.1) is 18.7 Å². The van der Waals surface area contributed by atoms with Gasteiger partial charge in [0, 0.05) is 5.56 Å². The van der Waals surface area contributed by atoms with E-state index < -0.39 is 18.0 Å². The zero-order chi connectivity index (χ0) is 15.4. The molecule has 2 N–H and O–H groups in total. The van der Waals surface area contributed by atoms with E-state index in [0.29, 0.717) is 24.7 Å². The van der Waals surface area contributed by atoms with Crippen LogP contribution in [0.4, 0.5) is 0 Å². The molecule has 0 saturated carbocycles. The van der Waals surface area contributed by atoms with Crippen LogP contribution in [0.1, 0.15) is 10.4 Å². The van der Waals surface area contributed by atoms with Crippen LogP contribution in [-0.4, -0.2) is 50.0 Å². The topological polar surface area (TPSA) is 94.1 Å². The number of rotatable bonds is 4. The SMILES string of the molecule is COC(=O)C(O)CNC(=O)c1cc(Cl)c2c(c1)OCCO2. The molecule has 114 valence electrons. The van der Waals surface area contributed by atoms with Crippen LogP contribution in [0.2, 0.25) is 5.02 Å². The molecule has 0 aliphatic carbocycles. The number of carbonyl (C=O) groups is 2. The standard InChI is InChI=1S/C13H14ClNO6/c1-19-13(18)9(16)6-15-12(17)7-4-8(14)11-10(5-7)20-2-3-21-11/h4-5,9,16H,2-3,6H2,1H3,(H,15,17). The van der Waals surface area contributed by atoms with Crippen molar-refractivity contribution in [2.75, 3.05) is 26.9 Å². The van der Waals surface area contributed by atoms with E-state index in [1.807, 2.05) is 0 Å². The van der Waals surface area contributed by atoms with Crippen molar-refractivity contribution >= 4 is 23.5 Å². The van der Waals surface area contributed by atoms with Crippen molar-refractivity contribution in [3.63, 3.8) is 0 Å². The molecule has 0 aromatic heterocycles. The first-order valence-corrected chi connectivity index (χ1v) is 6.54. The summed E-state index contributed by atoms with van der Waals surface area (Å²) in [5, 5.41) is 12.1. The number of halogens is 1. The molecule has 0 spiro atoms. The number of hydrogen-bond donors (Lipinski definition) is 2. The predicted molar refractivity (Wildman–Crippen MR) is 72.8 cm³/mol. The van der Waals surface area contributed by atoms with Gasteiger partial charge in [-0.05, 0) is 12.1 Å². The molecule has 0 fully saturated rings. The maximum Gasteiger partial charge on any atom is 0.336 e. The predicted octanol–water partition coefficient (Wildman–Crippen LogP) is 0.375. The molecular formula is C13H14ClNO6. The Morgan fingerprint density at radius 1 is 1.43 bits per heavy atom. The largest absolute Gasteiger partial charge is 0.486 e. The van der Waals surface area contributed by atoms with E-state index in [2.05, 4.69) is 10.1 Å². The van der Waals surface area contributed by atoms with E-state index in [4.69, 9.17) is 21.1 Å². The first-order chi connectivity index (χ1) is 10.0. The Bertz CT molecular complexity index is 562. The van der Waals surface area contributed by atoms with Gasteiger partial charge >= 0.3 is 5.97 Å². The van der Waals surface area contributed by atoms with Gasteiger partial charge in [-0.25, -0.2) is 4.79 Å². The minimum atomic E-state index is -1.42. The van der Waals surface area contributed by atoms with Crippen LogP contribution in [0.15, 0.2) is 12.1 Å². The summed E-state index contributed by atoms with van der Waals surface area (Å²) < 4.78 is 15.1. The van der Waals surface area contributed by atoms with E-state index >= 15 is 0 Å². The summed E-state index contributed by atoms with van der Waals surface area (Å²) in [4.78, 5) is 23.0. The fourth-order valence-corrected chi connectivity index (χ4v) is 2.02. The average Bonchev–Trinajstić information content (AvgIpc) is 2.51. The Kier molecular flexibility index (Phi) is 4.87. The summed E-state index contributed by atoms with van der Waals surface area (Å²) in [5.41, 5.74) is 0.237. The highest BCUT2D eigenvalue weighted by molar-refractivity contribution is 6.32. The Morgan fingerprint density at radius 2 is 2.14 bits per heavy atom. The van der Waals surface area contributed by atoms with Crippen molar-refractivity contribution in [1.82, 2.24) is 5.32 Å². The van der Waals surface area contributed by atoms with Crippen LogP contribution >= 0.6 is 11.6 Å². The number of hydrogen-bond acceptors (Lipinski definition) is 6. The van der Waals surface area contributed by atoms with Crippen molar-refractivity contribution in [1.29, 1.82) is 0 Å². The number of aliphatic hydroxyl groups excluding tert-OH is 1. The maximum atomic E-state index is 12.0. The van der Waals surface area contributed by atoms with Gasteiger partial charge in [0.2, 0.25) is 0 Å². The summed E-state index contributed by atoms with van der Waals surface area (Å²) in [6.07, 6.45) is -1.42. The average molecular weight is 316 g/mol. The molecule has 2 rings (SSSR count). The number of esters is 1. The van der Waals surface area contributed by atoms with Gasteiger partial charge in [0.15, 0.2) is 17.6 Å². The summed E-state index contributed by atoms with van der Waals surface area (Å²) >= 11 is 6.02. The number of nitrogens with one attached hydrogen (secondary N) is 1. The second-order valence-electron chi connectivity index (χ2n) is 4.23. The normalized spacial score (nSPS) is 14.2. The van der Waals surface area contributed by atoms with Crippen molar-refractivity contribution in [3.05, 3.63) is 22.7 Å². The van der Waals surface area contributed by atoms with Crippen LogP contribution < -0.4 is 14.8 Å². The molecule has 7 nitrogen and oxygen atoms in total. The number of amides is 1.